The second kappa shape index (κ2) is 5.44. The van der Waals surface area contributed by atoms with E-state index in [0.717, 1.165) is 5.56 Å². The second-order valence-corrected chi connectivity index (χ2v) is 5.46. The van der Waals surface area contributed by atoms with Gasteiger partial charge in [-0.2, -0.15) is 0 Å². The van der Waals surface area contributed by atoms with Gasteiger partial charge in [-0.05, 0) is 30.0 Å². The van der Waals surface area contributed by atoms with Crippen molar-refractivity contribution < 1.29 is 23.8 Å². The van der Waals surface area contributed by atoms with E-state index in [1.54, 1.807) is 12.1 Å². The molecule has 2 aliphatic rings. The number of amides is 1. The van der Waals surface area contributed by atoms with Crippen molar-refractivity contribution in [3.63, 3.8) is 0 Å². The molecule has 0 spiro atoms. The molecule has 3 atom stereocenters. The van der Waals surface area contributed by atoms with E-state index >= 15 is 0 Å². The normalized spacial score (nSPS) is 28.2. The lowest BCUT2D eigenvalue weighted by molar-refractivity contribution is -0.158. The zero-order valence-electron chi connectivity index (χ0n) is 11.4. The molecule has 0 radical (unpaired) electrons. The number of ether oxygens (including phenoxy) is 1. The quantitative estimate of drug-likeness (QED) is 0.910. The fraction of sp³-hybridized carbons (Fsp3) is 0.467. The van der Waals surface area contributed by atoms with Crippen LogP contribution in [0.4, 0.5) is 4.39 Å². The summed E-state index contributed by atoms with van der Waals surface area (Å²) < 4.78 is 18.0. The van der Waals surface area contributed by atoms with Crippen molar-refractivity contribution in [2.45, 2.75) is 18.4 Å². The predicted molar refractivity (Wildman–Crippen MR) is 71.2 cm³/mol. The average Bonchev–Trinajstić information content (AvgIpc) is 3.27. The standard InChI is InChI=1S/C15H16FNO4/c16-10-3-1-9(2-4-10)11-7-12(11)14(18)17-5-6-21-8-13(17)15(19)20/h1-4,11-13H,5-8H2,(H,19,20)/t11-,12-,13+/m1/s1. The molecular formula is C15H16FNO4. The Morgan fingerprint density at radius 2 is 2.00 bits per heavy atom. The summed E-state index contributed by atoms with van der Waals surface area (Å²) in [5, 5.41) is 9.16. The molecule has 112 valence electrons. The van der Waals surface area contributed by atoms with Gasteiger partial charge in [0.05, 0.1) is 13.2 Å². The Bertz CT molecular complexity index is 559. The molecule has 6 heteroatoms. The first-order chi connectivity index (χ1) is 10.1. The van der Waals surface area contributed by atoms with Crippen molar-refractivity contribution in [2.75, 3.05) is 19.8 Å². The highest BCUT2D eigenvalue weighted by Gasteiger charge is 2.48. The average molecular weight is 293 g/mol. The third-order valence-electron chi connectivity index (χ3n) is 4.10. The SMILES string of the molecule is O=C(O)[C@@H]1COCCN1C(=O)[C@@H]1C[C@@H]1c1ccc(F)cc1. The molecule has 1 aliphatic heterocycles. The Hall–Kier alpha value is -1.95. The van der Waals surface area contributed by atoms with E-state index in [9.17, 15) is 14.0 Å². The van der Waals surface area contributed by atoms with Gasteiger partial charge in [0.25, 0.3) is 0 Å². The van der Waals surface area contributed by atoms with Crippen LogP contribution in [-0.2, 0) is 14.3 Å². The highest BCUT2D eigenvalue weighted by atomic mass is 19.1. The van der Waals surface area contributed by atoms with Crippen molar-refractivity contribution in [1.82, 2.24) is 4.90 Å². The number of morpholine rings is 1. The summed E-state index contributed by atoms with van der Waals surface area (Å²) in [5.41, 5.74) is 0.926. The highest BCUT2D eigenvalue weighted by molar-refractivity contribution is 5.88. The van der Waals surface area contributed by atoms with E-state index in [1.165, 1.54) is 17.0 Å². The van der Waals surface area contributed by atoms with Gasteiger partial charge in [0.15, 0.2) is 6.04 Å². The molecule has 1 heterocycles. The minimum Gasteiger partial charge on any atom is -0.480 e. The van der Waals surface area contributed by atoms with Crippen LogP contribution in [0.1, 0.15) is 17.9 Å². The number of benzene rings is 1. The van der Waals surface area contributed by atoms with Crippen molar-refractivity contribution in [3.05, 3.63) is 35.6 Å². The first-order valence-electron chi connectivity index (χ1n) is 6.94. The van der Waals surface area contributed by atoms with Gasteiger partial charge in [-0.15, -0.1) is 0 Å². The minimum absolute atomic E-state index is 0.0367. The Kier molecular flexibility index (Phi) is 3.63. The van der Waals surface area contributed by atoms with Crippen LogP contribution in [0.2, 0.25) is 0 Å². The summed E-state index contributed by atoms with van der Waals surface area (Å²) in [6, 6.07) is 5.22. The molecule has 1 N–H and O–H groups in total. The smallest absolute Gasteiger partial charge is 0.328 e. The first kappa shape index (κ1) is 14.0. The van der Waals surface area contributed by atoms with Crippen LogP contribution in [-0.4, -0.2) is 47.7 Å². The van der Waals surface area contributed by atoms with Gasteiger partial charge in [-0.25, -0.2) is 9.18 Å². The number of aliphatic carboxylic acids is 1. The van der Waals surface area contributed by atoms with E-state index in [1.807, 2.05) is 0 Å². The van der Waals surface area contributed by atoms with Gasteiger partial charge in [0, 0.05) is 12.5 Å². The fourth-order valence-corrected chi connectivity index (χ4v) is 2.83. The summed E-state index contributed by atoms with van der Waals surface area (Å²) in [7, 11) is 0. The molecule has 2 fully saturated rings. The number of carbonyl (C=O) groups excluding carboxylic acids is 1. The summed E-state index contributed by atoms with van der Waals surface area (Å²) >= 11 is 0. The number of carboxylic acid groups (broad SMARTS) is 1. The maximum atomic E-state index is 12.9. The molecule has 3 rings (SSSR count). The number of carboxylic acids is 1. The Morgan fingerprint density at radius 3 is 2.67 bits per heavy atom. The molecule has 1 saturated carbocycles. The topological polar surface area (TPSA) is 66.8 Å². The Labute approximate surface area is 121 Å². The summed E-state index contributed by atoms with van der Waals surface area (Å²) in [4.78, 5) is 25.0. The van der Waals surface area contributed by atoms with E-state index < -0.39 is 12.0 Å². The van der Waals surface area contributed by atoms with Crippen LogP contribution in [0, 0.1) is 11.7 Å². The van der Waals surface area contributed by atoms with Gasteiger partial charge in [-0.1, -0.05) is 12.1 Å². The molecular weight excluding hydrogens is 277 g/mol. The van der Waals surface area contributed by atoms with Crippen LogP contribution in [0.5, 0.6) is 0 Å². The van der Waals surface area contributed by atoms with Crippen molar-refractivity contribution in [2.24, 2.45) is 5.92 Å². The van der Waals surface area contributed by atoms with Gasteiger partial charge in [0.1, 0.15) is 5.82 Å². The zero-order chi connectivity index (χ0) is 15.0. The van der Waals surface area contributed by atoms with Crippen molar-refractivity contribution >= 4 is 11.9 Å². The molecule has 21 heavy (non-hydrogen) atoms. The molecule has 0 unspecified atom stereocenters. The Morgan fingerprint density at radius 1 is 1.29 bits per heavy atom. The molecule has 1 amide bonds. The summed E-state index contributed by atoms with van der Waals surface area (Å²) in [5.74, 6) is -1.62. The molecule has 1 aromatic carbocycles. The van der Waals surface area contributed by atoms with Crippen molar-refractivity contribution in [1.29, 1.82) is 0 Å². The number of carbonyl (C=O) groups is 2. The number of hydrogen-bond donors (Lipinski definition) is 1. The van der Waals surface area contributed by atoms with E-state index in [4.69, 9.17) is 9.84 Å². The third kappa shape index (κ3) is 2.76. The van der Waals surface area contributed by atoms with Crippen molar-refractivity contribution in [3.8, 4) is 0 Å². The van der Waals surface area contributed by atoms with Gasteiger partial charge >= 0.3 is 5.97 Å². The molecule has 5 nitrogen and oxygen atoms in total. The van der Waals surface area contributed by atoms with E-state index in [-0.39, 0.29) is 30.2 Å². The van der Waals surface area contributed by atoms with Crippen LogP contribution in [0.3, 0.4) is 0 Å². The maximum Gasteiger partial charge on any atom is 0.328 e. The fourth-order valence-electron chi connectivity index (χ4n) is 2.83. The first-order valence-corrected chi connectivity index (χ1v) is 6.94. The minimum atomic E-state index is -1.04. The Balaban J connectivity index is 1.69. The van der Waals surface area contributed by atoms with E-state index in [2.05, 4.69) is 0 Å². The van der Waals surface area contributed by atoms with Crippen LogP contribution in [0.15, 0.2) is 24.3 Å². The molecule has 0 bridgehead atoms. The van der Waals surface area contributed by atoms with Crippen LogP contribution >= 0.6 is 0 Å². The number of nitrogens with zero attached hydrogens (tertiary/aromatic N) is 1. The number of hydrogen-bond acceptors (Lipinski definition) is 3. The maximum absolute atomic E-state index is 12.9. The molecule has 1 saturated heterocycles. The third-order valence-corrected chi connectivity index (χ3v) is 4.10. The summed E-state index contributed by atoms with van der Waals surface area (Å²) in [6.07, 6.45) is 0.689. The molecule has 1 aromatic rings. The zero-order valence-corrected chi connectivity index (χ0v) is 11.4. The number of halogens is 1. The lowest BCUT2D eigenvalue weighted by Gasteiger charge is -2.33. The summed E-state index contributed by atoms with van der Waals surface area (Å²) in [6.45, 7) is 0.709. The monoisotopic (exact) mass is 293 g/mol. The van der Waals surface area contributed by atoms with E-state index in [0.29, 0.717) is 19.6 Å². The van der Waals surface area contributed by atoms with Gasteiger partial charge < -0.3 is 14.7 Å². The lowest BCUT2D eigenvalue weighted by atomic mass is 10.1. The highest BCUT2D eigenvalue weighted by Crippen LogP contribution is 2.48. The van der Waals surface area contributed by atoms with Gasteiger partial charge in [-0.3, -0.25) is 4.79 Å². The van der Waals surface area contributed by atoms with Crippen LogP contribution in [0.25, 0.3) is 0 Å². The predicted octanol–water partition coefficient (Wildman–Crippen LogP) is 1.24. The second-order valence-electron chi connectivity index (χ2n) is 5.46. The van der Waals surface area contributed by atoms with Crippen LogP contribution < -0.4 is 0 Å². The van der Waals surface area contributed by atoms with Gasteiger partial charge in [0.2, 0.25) is 5.91 Å². The number of rotatable bonds is 3. The molecule has 1 aliphatic carbocycles. The lowest BCUT2D eigenvalue weighted by Crippen LogP contribution is -2.53. The largest absolute Gasteiger partial charge is 0.480 e. The molecule has 0 aromatic heterocycles.